The summed E-state index contributed by atoms with van der Waals surface area (Å²) in [6.07, 6.45) is -4.91. The maximum absolute atomic E-state index is 14.9. The highest BCUT2D eigenvalue weighted by molar-refractivity contribution is 9.10. The normalized spacial score (nSPS) is 24.6. The lowest BCUT2D eigenvalue weighted by Gasteiger charge is -2.47. The summed E-state index contributed by atoms with van der Waals surface area (Å²) in [6, 6.07) is 2.57. The van der Waals surface area contributed by atoms with Crippen molar-refractivity contribution in [3.05, 3.63) is 28.2 Å². The maximum Gasteiger partial charge on any atom is 0.573 e. The first-order chi connectivity index (χ1) is 15.4. The molecule has 0 unspecified atom stereocenters. The monoisotopic (exact) mass is 541 g/mol. The predicted molar refractivity (Wildman–Crippen MR) is 117 cm³/mol. The van der Waals surface area contributed by atoms with E-state index >= 15 is 0 Å². The first-order valence-corrected chi connectivity index (χ1v) is 11.8. The number of ether oxygens (including phenoxy) is 1. The van der Waals surface area contributed by atoms with Crippen LogP contribution in [0.4, 0.5) is 22.0 Å². The van der Waals surface area contributed by atoms with Gasteiger partial charge in [0.05, 0.1) is 10.9 Å². The van der Waals surface area contributed by atoms with Crippen LogP contribution in [0.5, 0.6) is 5.75 Å². The van der Waals surface area contributed by atoms with E-state index in [1.165, 1.54) is 18.2 Å². The van der Waals surface area contributed by atoms with E-state index < -0.39 is 42.4 Å². The van der Waals surface area contributed by atoms with E-state index in [9.17, 15) is 26.7 Å². The van der Waals surface area contributed by atoms with Gasteiger partial charge in [0.25, 0.3) is 5.92 Å². The Morgan fingerprint density at radius 2 is 1.91 bits per heavy atom. The Kier molecular flexibility index (Phi) is 8.27. The molecule has 2 aliphatic rings. The number of nitrogens with zero attached hydrogens (tertiary/aromatic N) is 2. The second-order valence-electron chi connectivity index (χ2n) is 8.88. The quantitative estimate of drug-likeness (QED) is 0.535. The molecule has 1 aromatic rings. The van der Waals surface area contributed by atoms with Crippen LogP contribution in [0.2, 0.25) is 0 Å². The van der Waals surface area contributed by atoms with Crippen LogP contribution in [0, 0.1) is 0 Å². The number of rotatable bonds is 6. The van der Waals surface area contributed by atoms with Crippen molar-refractivity contribution < 1.29 is 31.5 Å². The standard InChI is InChI=1S/C22H29BrF5N3O2/c1-14(2)30-9-11-31(12-10-30)17-7-4-8-21(24,25)20(17)29-18(32)13-15-5-3-6-16(23)19(15)33-22(26,27)28/h3,5-6,14,17,20H,4,7-13H2,1-2H3,(H,29,32)/t17-,20+/m0/s1. The van der Waals surface area contributed by atoms with E-state index in [1.54, 1.807) is 0 Å². The van der Waals surface area contributed by atoms with E-state index in [0.29, 0.717) is 32.0 Å². The summed E-state index contributed by atoms with van der Waals surface area (Å²) < 4.78 is 72.3. The van der Waals surface area contributed by atoms with Crippen molar-refractivity contribution in [2.75, 3.05) is 26.2 Å². The van der Waals surface area contributed by atoms with Gasteiger partial charge in [0, 0.05) is 50.2 Å². The number of nitrogens with one attached hydrogen (secondary N) is 1. The zero-order valence-electron chi connectivity index (χ0n) is 18.6. The molecule has 1 amide bonds. The van der Waals surface area contributed by atoms with Crippen LogP contribution in [0.15, 0.2) is 22.7 Å². The molecule has 0 aromatic heterocycles. The molecule has 1 heterocycles. The van der Waals surface area contributed by atoms with Crippen LogP contribution < -0.4 is 10.1 Å². The molecule has 2 fully saturated rings. The average molecular weight is 542 g/mol. The zero-order chi connectivity index (χ0) is 24.4. The van der Waals surface area contributed by atoms with Crippen LogP contribution in [0.3, 0.4) is 0 Å². The molecule has 186 valence electrons. The molecule has 2 atom stereocenters. The molecular weight excluding hydrogens is 513 g/mol. The van der Waals surface area contributed by atoms with E-state index in [-0.39, 0.29) is 16.5 Å². The summed E-state index contributed by atoms with van der Waals surface area (Å²) >= 11 is 3.00. The van der Waals surface area contributed by atoms with E-state index in [2.05, 4.69) is 44.7 Å². The van der Waals surface area contributed by atoms with Crippen LogP contribution in [0.1, 0.15) is 38.7 Å². The van der Waals surface area contributed by atoms with Crippen LogP contribution >= 0.6 is 15.9 Å². The Morgan fingerprint density at radius 1 is 1.24 bits per heavy atom. The molecule has 3 rings (SSSR count). The molecule has 0 radical (unpaired) electrons. The van der Waals surface area contributed by atoms with Gasteiger partial charge in [-0.2, -0.15) is 0 Å². The van der Waals surface area contributed by atoms with Crippen molar-refractivity contribution in [3.63, 3.8) is 0 Å². The largest absolute Gasteiger partial charge is 0.573 e. The molecule has 11 heteroatoms. The highest BCUT2D eigenvalue weighted by Gasteiger charge is 2.50. The molecule has 0 bridgehead atoms. The topological polar surface area (TPSA) is 44.8 Å². The highest BCUT2D eigenvalue weighted by Crippen LogP contribution is 2.37. The molecule has 5 nitrogen and oxygen atoms in total. The molecule has 0 spiro atoms. The number of piperazine rings is 1. The number of para-hydroxylation sites is 1. The Balaban J connectivity index is 1.73. The molecule has 1 aliphatic heterocycles. The number of halogens is 6. The number of benzene rings is 1. The third-order valence-corrected chi connectivity index (χ3v) is 6.96. The number of amides is 1. The molecule has 1 saturated carbocycles. The Bertz CT molecular complexity index is 829. The van der Waals surface area contributed by atoms with Crippen molar-refractivity contribution in [3.8, 4) is 5.75 Å². The maximum atomic E-state index is 14.9. The van der Waals surface area contributed by atoms with Crippen molar-refractivity contribution >= 4 is 21.8 Å². The summed E-state index contributed by atoms with van der Waals surface area (Å²) in [5.74, 6) is -4.41. The van der Waals surface area contributed by atoms with Gasteiger partial charge < -0.3 is 10.1 Å². The number of hydrogen-bond acceptors (Lipinski definition) is 4. The summed E-state index contributed by atoms with van der Waals surface area (Å²) in [5.41, 5.74) is -0.0413. The zero-order valence-corrected chi connectivity index (χ0v) is 20.2. The Labute approximate surface area is 198 Å². The molecule has 1 N–H and O–H groups in total. The molecule has 1 saturated heterocycles. The van der Waals surface area contributed by atoms with Gasteiger partial charge in [-0.05, 0) is 48.7 Å². The summed E-state index contributed by atoms with van der Waals surface area (Å²) in [7, 11) is 0. The van der Waals surface area contributed by atoms with Crippen molar-refractivity contribution in [2.45, 2.75) is 69.9 Å². The fourth-order valence-electron chi connectivity index (χ4n) is 4.65. The summed E-state index contributed by atoms with van der Waals surface area (Å²) in [5, 5.41) is 2.45. The number of carbonyl (C=O) groups excluding carboxylic acids is 1. The fourth-order valence-corrected chi connectivity index (χ4v) is 5.14. The van der Waals surface area contributed by atoms with Gasteiger partial charge in [-0.1, -0.05) is 12.1 Å². The number of hydrogen-bond donors (Lipinski definition) is 1. The molecule has 33 heavy (non-hydrogen) atoms. The molecule has 1 aliphatic carbocycles. The summed E-state index contributed by atoms with van der Waals surface area (Å²) in [4.78, 5) is 17.0. The second-order valence-corrected chi connectivity index (χ2v) is 9.74. The fraction of sp³-hybridized carbons (Fsp3) is 0.682. The van der Waals surface area contributed by atoms with Gasteiger partial charge >= 0.3 is 6.36 Å². The first-order valence-electron chi connectivity index (χ1n) is 11.1. The highest BCUT2D eigenvalue weighted by atomic mass is 79.9. The minimum absolute atomic E-state index is 0.0222. The second kappa shape index (κ2) is 10.4. The first kappa shape index (κ1) is 26.2. The third kappa shape index (κ3) is 6.79. The molecular formula is C22H29BrF5N3O2. The van der Waals surface area contributed by atoms with Gasteiger partial charge in [0.2, 0.25) is 5.91 Å². The average Bonchev–Trinajstić information content (AvgIpc) is 2.71. The van der Waals surface area contributed by atoms with Gasteiger partial charge in [0.1, 0.15) is 11.8 Å². The lowest BCUT2D eigenvalue weighted by Crippen LogP contribution is -2.64. The molecule has 1 aromatic carbocycles. The van der Waals surface area contributed by atoms with Gasteiger partial charge in [0.15, 0.2) is 0 Å². The minimum Gasteiger partial charge on any atom is -0.404 e. The predicted octanol–water partition coefficient (Wildman–Crippen LogP) is 4.59. The van der Waals surface area contributed by atoms with Crippen molar-refractivity contribution in [2.24, 2.45) is 0 Å². The van der Waals surface area contributed by atoms with Gasteiger partial charge in [-0.3, -0.25) is 14.6 Å². The third-order valence-electron chi connectivity index (χ3n) is 6.33. The van der Waals surface area contributed by atoms with Gasteiger partial charge in [-0.15, -0.1) is 13.2 Å². The smallest absolute Gasteiger partial charge is 0.404 e. The van der Waals surface area contributed by atoms with Crippen LogP contribution in [-0.4, -0.2) is 72.3 Å². The Hall–Kier alpha value is -1.46. The lowest BCUT2D eigenvalue weighted by atomic mass is 9.85. The van der Waals surface area contributed by atoms with E-state index in [1.807, 2.05) is 4.90 Å². The SMILES string of the molecule is CC(C)N1CCN([C@H]2CCCC(F)(F)[C@@H]2NC(=O)Cc2cccc(Br)c2OC(F)(F)F)CC1. The van der Waals surface area contributed by atoms with Crippen LogP contribution in [0.25, 0.3) is 0 Å². The van der Waals surface area contributed by atoms with Crippen LogP contribution in [-0.2, 0) is 11.2 Å². The Morgan fingerprint density at radius 3 is 2.52 bits per heavy atom. The number of alkyl halides is 5. The summed E-state index contributed by atoms with van der Waals surface area (Å²) in [6.45, 7) is 6.95. The lowest BCUT2D eigenvalue weighted by molar-refractivity contribution is -0.275. The minimum atomic E-state index is -4.95. The van der Waals surface area contributed by atoms with Crippen molar-refractivity contribution in [1.82, 2.24) is 15.1 Å². The van der Waals surface area contributed by atoms with Gasteiger partial charge in [-0.25, -0.2) is 8.78 Å². The van der Waals surface area contributed by atoms with E-state index in [4.69, 9.17) is 0 Å². The van der Waals surface area contributed by atoms with E-state index in [0.717, 1.165) is 13.1 Å². The number of carbonyl (C=O) groups is 1. The van der Waals surface area contributed by atoms with Crippen molar-refractivity contribution in [1.29, 1.82) is 0 Å².